The van der Waals surface area contributed by atoms with Gasteiger partial charge in [0.25, 0.3) is 0 Å². The topological polar surface area (TPSA) is 61.8 Å². The largest absolute Gasteiger partial charge is 0.462 e. The van der Waals surface area contributed by atoms with Gasteiger partial charge in [-0.1, -0.05) is 49.7 Å². The van der Waals surface area contributed by atoms with Gasteiger partial charge in [0, 0.05) is 0 Å². The van der Waals surface area contributed by atoms with E-state index in [0.717, 1.165) is 24.2 Å². The van der Waals surface area contributed by atoms with E-state index in [1.165, 1.54) is 6.07 Å². The van der Waals surface area contributed by atoms with Crippen molar-refractivity contribution in [2.24, 2.45) is 0 Å². The second-order valence-electron chi connectivity index (χ2n) is 6.71. The summed E-state index contributed by atoms with van der Waals surface area (Å²) in [5.41, 5.74) is 1.43. The number of unbranched alkanes of at least 4 members (excludes halogenated alkanes) is 1. The summed E-state index contributed by atoms with van der Waals surface area (Å²) in [7, 11) is 0. The van der Waals surface area contributed by atoms with E-state index in [-0.39, 0.29) is 6.61 Å². The molecule has 0 N–H and O–H groups in total. The van der Waals surface area contributed by atoms with E-state index in [1.807, 2.05) is 61.5 Å². The van der Waals surface area contributed by atoms with E-state index < -0.39 is 11.9 Å². The molecule has 154 valence electrons. The predicted octanol–water partition coefficient (Wildman–Crippen LogP) is 5.79. The molecule has 0 amide bonds. The zero-order valence-electron chi connectivity index (χ0n) is 16.9. The third-order valence-electron chi connectivity index (χ3n) is 4.31. The predicted molar refractivity (Wildman–Crippen MR) is 114 cm³/mol. The van der Waals surface area contributed by atoms with Crippen molar-refractivity contribution >= 4 is 11.9 Å². The van der Waals surface area contributed by atoms with Gasteiger partial charge in [-0.2, -0.15) is 0 Å². The van der Waals surface area contributed by atoms with Crippen LogP contribution in [-0.2, 0) is 16.1 Å². The van der Waals surface area contributed by atoms with Crippen molar-refractivity contribution < 1.29 is 23.8 Å². The molecule has 0 saturated carbocycles. The van der Waals surface area contributed by atoms with E-state index in [9.17, 15) is 9.59 Å². The van der Waals surface area contributed by atoms with Crippen LogP contribution in [0.25, 0.3) is 0 Å². The molecule has 0 aliphatic rings. The lowest BCUT2D eigenvalue weighted by Gasteiger charge is -2.09. The number of para-hydroxylation sites is 1. The average molecular weight is 404 g/mol. The standard InChI is InChI=1S/C25H24O5/c1-2-3-15-28-24(26)20-10-8-11-21(17-20)25(27)29-18-19-9-7-14-23(16-19)30-22-12-5-4-6-13-22/h4-14,16-17H,2-3,15,18H2,1H3. The van der Waals surface area contributed by atoms with Crippen molar-refractivity contribution in [3.05, 3.63) is 95.6 Å². The first-order valence-electron chi connectivity index (χ1n) is 9.92. The Hall–Kier alpha value is -3.60. The van der Waals surface area contributed by atoms with Gasteiger partial charge in [0.15, 0.2) is 0 Å². The summed E-state index contributed by atoms with van der Waals surface area (Å²) in [6.07, 6.45) is 1.75. The molecule has 5 nitrogen and oxygen atoms in total. The molecule has 0 spiro atoms. The van der Waals surface area contributed by atoms with Gasteiger partial charge in [0.05, 0.1) is 17.7 Å². The van der Waals surface area contributed by atoms with Crippen LogP contribution in [0.15, 0.2) is 78.9 Å². The monoisotopic (exact) mass is 404 g/mol. The Bertz CT molecular complexity index is 982. The highest BCUT2D eigenvalue weighted by Crippen LogP contribution is 2.22. The summed E-state index contributed by atoms with van der Waals surface area (Å²) >= 11 is 0. The summed E-state index contributed by atoms with van der Waals surface area (Å²) in [5.74, 6) is 0.442. The first-order valence-corrected chi connectivity index (χ1v) is 9.92. The number of esters is 2. The smallest absolute Gasteiger partial charge is 0.338 e. The van der Waals surface area contributed by atoms with Crippen molar-refractivity contribution in [3.63, 3.8) is 0 Å². The van der Waals surface area contributed by atoms with Crippen LogP contribution in [0.1, 0.15) is 46.0 Å². The normalized spacial score (nSPS) is 10.3. The first kappa shape index (κ1) is 21.1. The van der Waals surface area contributed by atoms with Crippen LogP contribution in [0.3, 0.4) is 0 Å². The molecule has 0 aliphatic heterocycles. The minimum Gasteiger partial charge on any atom is -0.462 e. The maximum Gasteiger partial charge on any atom is 0.338 e. The summed E-state index contributed by atoms with van der Waals surface area (Å²) in [6.45, 7) is 2.48. The Balaban J connectivity index is 1.58. The molecule has 0 saturated heterocycles. The lowest BCUT2D eigenvalue weighted by molar-refractivity contribution is 0.0472. The van der Waals surface area contributed by atoms with Crippen LogP contribution in [0.2, 0.25) is 0 Å². The molecule has 0 aliphatic carbocycles. The van der Waals surface area contributed by atoms with Crippen molar-refractivity contribution in [1.29, 1.82) is 0 Å². The molecule has 3 aromatic carbocycles. The van der Waals surface area contributed by atoms with Crippen LogP contribution < -0.4 is 4.74 Å². The highest BCUT2D eigenvalue weighted by molar-refractivity contribution is 5.95. The van der Waals surface area contributed by atoms with Crippen molar-refractivity contribution in [1.82, 2.24) is 0 Å². The fraction of sp³-hybridized carbons (Fsp3) is 0.200. The molecule has 0 bridgehead atoms. The Morgan fingerprint density at radius 2 is 1.40 bits per heavy atom. The lowest BCUT2D eigenvalue weighted by atomic mass is 10.1. The van der Waals surface area contributed by atoms with Crippen LogP contribution in [0, 0.1) is 0 Å². The number of benzene rings is 3. The molecular formula is C25H24O5. The fourth-order valence-electron chi connectivity index (χ4n) is 2.72. The van der Waals surface area contributed by atoms with Crippen LogP contribution in [0.4, 0.5) is 0 Å². The van der Waals surface area contributed by atoms with Gasteiger partial charge in [-0.25, -0.2) is 9.59 Å². The Morgan fingerprint density at radius 1 is 0.733 bits per heavy atom. The molecule has 0 aromatic heterocycles. The number of rotatable bonds is 9. The molecule has 3 rings (SSSR count). The molecule has 5 heteroatoms. The summed E-state index contributed by atoms with van der Waals surface area (Å²) < 4.78 is 16.4. The second kappa shape index (κ2) is 10.8. The van der Waals surface area contributed by atoms with Gasteiger partial charge in [0.1, 0.15) is 18.1 Å². The van der Waals surface area contributed by atoms with Crippen LogP contribution in [-0.4, -0.2) is 18.5 Å². The van der Waals surface area contributed by atoms with Crippen molar-refractivity contribution in [3.8, 4) is 11.5 Å². The van der Waals surface area contributed by atoms with Crippen molar-refractivity contribution in [2.45, 2.75) is 26.4 Å². The number of hydrogen-bond acceptors (Lipinski definition) is 5. The van der Waals surface area contributed by atoms with Gasteiger partial charge in [-0.15, -0.1) is 0 Å². The quantitative estimate of drug-likeness (QED) is 0.333. The molecule has 3 aromatic rings. The van der Waals surface area contributed by atoms with Gasteiger partial charge >= 0.3 is 11.9 Å². The third kappa shape index (κ3) is 6.21. The van der Waals surface area contributed by atoms with E-state index in [4.69, 9.17) is 14.2 Å². The first-order chi connectivity index (χ1) is 14.7. The Morgan fingerprint density at radius 3 is 2.13 bits per heavy atom. The fourth-order valence-corrected chi connectivity index (χ4v) is 2.72. The zero-order valence-corrected chi connectivity index (χ0v) is 16.9. The minimum absolute atomic E-state index is 0.0933. The minimum atomic E-state index is -0.507. The van der Waals surface area contributed by atoms with Gasteiger partial charge in [-0.05, 0) is 54.4 Å². The van der Waals surface area contributed by atoms with Crippen LogP contribution >= 0.6 is 0 Å². The highest BCUT2D eigenvalue weighted by Gasteiger charge is 2.13. The van der Waals surface area contributed by atoms with E-state index >= 15 is 0 Å². The number of ether oxygens (including phenoxy) is 3. The molecule has 0 heterocycles. The SMILES string of the molecule is CCCCOC(=O)c1cccc(C(=O)OCc2cccc(Oc3ccccc3)c2)c1. The molecule has 0 radical (unpaired) electrons. The van der Waals surface area contributed by atoms with E-state index in [1.54, 1.807) is 18.2 Å². The van der Waals surface area contributed by atoms with E-state index in [2.05, 4.69) is 0 Å². The third-order valence-corrected chi connectivity index (χ3v) is 4.31. The molecule has 0 atom stereocenters. The number of hydrogen-bond donors (Lipinski definition) is 0. The van der Waals surface area contributed by atoms with Gasteiger partial charge in [0.2, 0.25) is 0 Å². The number of carbonyl (C=O) groups is 2. The maximum atomic E-state index is 12.4. The average Bonchev–Trinajstić information content (AvgIpc) is 2.78. The van der Waals surface area contributed by atoms with Gasteiger partial charge in [-0.3, -0.25) is 0 Å². The maximum absolute atomic E-state index is 12.4. The molecule has 0 unspecified atom stereocenters. The highest BCUT2D eigenvalue weighted by atomic mass is 16.5. The summed E-state index contributed by atoms with van der Waals surface area (Å²) in [6, 6.07) is 23.2. The van der Waals surface area contributed by atoms with Crippen molar-refractivity contribution in [2.75, 3.05) is 6.61 Å². The number of carbonyl (C=O) groups excluding carboxylic acids is 2. The summed E-state index contributed by atoms with van der Waals surface area (Å²) in [4.78, 5) is 24.5. The lowest BCUT2D eigenvalue weighted by Crippen LogP contribution is -2.09. The Kier molecular flexibility index (Phi) is 7.61. The molecular weight excluding hydrogens is 380 g/mol. The molecule has 30 heavy (non-hydrogen) atoms. The summed E-state index contributed by atoms with van der Waals surface area (Å²) in [5, 5.41) is 0. The van der Waals surface area contributed by atoms with E-state index in [0.29, 0.717) is 23.5 Å². The Labute approximate surface area is 176 Å². The van der Waals surface area contributed by atoms with Gasteiger partial charge < -0.3 is 14.2 Å². The zero-order chi connectivity index (χ0) is 21.2. The molecule has 0 fully saturated rings. The van der Waals surface area contributed by atoms with Crippen LogP contribution in [0.5, 0.6) is 11.5 Å². The second-order valence-corrected chi connectivity index (χ2v) is 6.71.